The van der Waals surface area contributed by atoms with Crippen molar-refractivity contribution in [1.29, 1.82) is 0 Å². The Labute approximate surface area is 146 Å². The second kappa shape index (κ2) is 6.90. The van der Waals surface area contributed by atoms with Crippen LogP contribution in [0.5, 0.6) is 11.5 Å². The summed E-state index contributed by atoms with van der Waals surface area (Å²) >= 11 is 7.01. The number of halogens is 1. The molecule has 0 fully saturated rings. The molecular weight excluding hydrogens is 352 g/mol. The number of aromatic nitrogens is 3. The van der Waals surface area contributed by atoms with Crippen molar-refractivity contribution in [3.8, 4) is 22.9 Å². The summed E-state index contributed by atoms with van der Waals surface area (Å²) in [7, 11) is 3.13. The quantitative estimate of drug-likeness (QED) is 0.723. The predicted molar refractivity (Wildman–Crippen MR) is 92.2 cm³/mol. The van der Waals surface area contributed by atoms with Gasteiger partial charge in [0.15, 0.2) is 5.82 Å². The van der Waals surface area contributed by atoms with Crippen LogP contribution in [-0.4, -0.2) is 35.3 Å². The van der Waals surface area contributed by atoms with Crippen molar-refractivity contribution >= 4 is 34.8 Å². The molecule has 0 unspecified atom stereocenters. The van der Waals surface area contributed by atoms with E-state index in [1.165, 1.54) is 11.3 Å². The fourth-order valence-electron chi connectivity index (χ4n) is 2.03. The van der Waals surface area contributed by atoms with E-state index in [0.717, 1.165) is 0 Å². The summed E-state index contributed by atoms with van der Waals surface area (Å²) in [5, 5.41) is 9.39. The lowest BCUT2D eigenvalue weighted by Crippen LogP contribution is -2.11. The number of hydrogen-bond donors (Lipinski definition) is 2. The number of hydrogen-bond acceptors (Lipinski definition) is 6. The van der Waals surface area contributed by atoms with Crippen molar-refractivity contribution in [3.63, 3.8) is 0 Å². The van der Waals surface area contributed by atoms with Crippen LogP contribution in [0.1, 0.15) is 9.67 Å². The summed E-state index contributed by atoms with van der Waals surface area (Å²) in [6.07, 6.45) is 0. The van der Waals surface area contributed by atoms with E-state index < -0.39 is 0 Å². The summed E-state index contributed by atoms with van der Waals surface area (Å²) in [6.45, 7) is 0. The normalized spacial score (nSPS) is 10.5. The molecule has 2 heterocycles. The number of carbonyl (C=O) groups is 1. The number of benzene rings is 1. The van der Waals surface area contributed by atoms with Crippen LogP contribution < -0.4 is 14.8 Å². The number of H-pyrrole nitrogens is 1. The van der Waals surface area contributed by atoms with Crippen LogP contribution >= 0.6 is 22.9 Å². The summed E-state index contributed by atoms with van der Waals surface area (Å²) in [4.78, 5) is 16.8. The molecule has 0 radical (unpaired) electrons. The summed E-state index contributed by atoms with van der Waals surface area (Å²) < 4.78 is 11.0. The zero-order valence-corrected chi connectivity index (χ0v) is 14.4. The molecule has 124 valence electrons. The minimum atomic E-state index is -0.320. The van der Waals surface area contributed by atoms with E-state index in [9.17, 15) is 4.79 Å². The highest BCUT2D eigenvalue weighted by Crippen LogP contribution is 2.31. The lowest BCUT2D eigenvalue weighted by Gasteiger charge is -2.07. The number of nitrogens with one attached hydrogen (secondary N) is 2. The van der Waals surface area contributed by atoms with Gasteiger partial charge in [-0.15, -0.1) is 16.4 Å². The molecule has 0 spiro atoms. The molecule has 0 saturated carbocycles. The van der Waals surface area contributed by atoms with E-state index in [0.29, 0.717) is 32.1 Å². The molecule has 2 N–H and O–H groups in total. The number of anilines is 1. The van der Waals surface area contributed by atoms with Gasteiger partial charge in [0.05, 0.1) is 29.0 Å². The molecule has 0 aliphatic carbocycles. The third-order valence-corrected chi connectivity index (χ3v) is 4.40. The molecule has 1 aromatic carbocycles. The van der Waals surface area contributed by atoms with Crippen molar-refractivity contribution in [1.82, 2.24) is 15.2 Å². The van der Waals surface area contributed by atoms with E-state index in [1.807, 2.05) is 0 Å². The second-order valence-corrected chi connectivity index (χ2v) is 6.35. The average Bonchev–Trinajstić information content (AvgIpc) is 3.23. The molecule has 0 aliphatic heterocycles. The van der Waals surface area contributed by atoms with Crippen LogP contribution in [0.3, 0.4) is 0 Å². The lowest BCUT2D eigenvalue weighted by atomic mass is 10.2. The Hall–Kier alpha value is -2.58. The van der Waals surface area contributed by atoms with Crippen molar-refractivity contribution in [3.05, 3.63) is 39.5 Å². The number of thiophene rings is 1. The van der Waals surface area contributed by atoms with Crippen LogP contribution in [-0.2, 0) is 0 Å². The fourth-order valence-corrected chi connectivity index (χ4v) is 2.97. The summed E-state index contributed by atoms with van der Waals surface area (Å²) in [5.41, 5.74) is 0.700. The number of amides is 1. The Bertz CT molecular complexity index is 877. The topological polar surface area (TPSA) is 89.1 Å². The zero-order chi connectivity index (χ0) is 17.1. The van der Waals surface area contributed by atoms with E-state index in [4.69, 9.17) is 21.1 Å². The maximum absolute atomic E-state index is 12.1. The third-order valence-electron chi connectivity index (χ3n) is 3.17. The largest absolute Gasteiger partial charge is 0.497 e. The standard InChI is InChI=1S/C15H13ClN4O3S/c1-22-8-3-4-9(10(7-8)23-2)13-17-15(20-19-13)18-14(21)11-5-6-12(16)24-11/h3-7H,1-2H3,(H2,17,18,19,20,21). The molecule has 0 atom stereocenters. The van der Waals surface area contributed by atoms with Gasteiger partial charge in [-0.3, -0.25) is 15.2 Å². The van der Waals surface area contributed by atoms with E-state index in [1.54, 1.807) is 44.6 Å². The smallest absolute Gasteiger partial charge is 0.268 e. The molecule has 7 nitrogen and oxygen atoms in total. The first-order valence-electron chi connectivity index (χ1n) is 6.82. The molecule has 0 aliphatic rings. The molecule has 0 bridgehead atoms. The van der Waals surface area contributed by atoms with Gasteiger partial charge >= 0.3 is 0 Å². The van der Waals surface area contributed by atoms with Gasteiger partial charge in [-0.2, -0.15) is 4.98 Å². The zero-order valence-electron chi connectivity index (χ0n) is 12.8. The Morgan fingerprint density at radius 2 is 2.08 bits per heavy atom. The second-order valence-electron chi connectivity index (χ2n) is 4.63. The number of ether oxygens (including phenoxy) is 2. The van der Waals surface area contributed by atoms with Gasteiger partial charge in [0, 0.05) is 6.07 Å². The monoisotopic (exact) mass is 364 g/mol. The van der Waals surface area contributed by atoms with Crippen molar-refractivity contribution < 1.29 is 14.3 Å². The molecule has 3 rings (SSSR count). The SMILES string of the molecule is COc1ccc(-c2nc(NC(=O)c3ccc(Cl)s3)n[nH]2)c(OC)c1. The minimum absolute atomic E-state index is 0.164. The molecule has 1 amide bonds. The highest BCUT2D eigenvalue weighted by Gasteiger charge is 2.15. The van der Waals surface area contributed by atoms with Gasteiger partial charge < -0.3 is 9.47 Å². The van der Waals surface area contributed by atoms with Crippen LogP contribution in [0.2, 0.25) is 4.34 Å². The lowest BCUT2D eigenvalue weighted by molar-refractivity contribution is 0.102. The highest BCUT2D eigenvalue weighted by molar-refractivity contribution is 7.18. The van der Waals surface area contributed by atoms with Crippen molar-refractivity contribution in [2.45, 2.75) is 0 Å². The maximum Gasteiger partial charge on any atom is 0.268 e. The van der Waals surface area contributed by atoms with Crippen molar-refractivity contribution in [2.24, 2.45) is 0 Å². The number of carbonyl (C=O) groups excluding carboxylic acids is 1. The molecule has 3 aromatic rings. The number of rotatable bonds is 5. The van der Waals surface area contributed by atoms with Gasteiger partial charge in [-0.1, -0.05) is 11.6 Å². The van der Waals surface area contributed by atoms with Crippen LogP contribution in [0.25, 0.3) is 11.4 Å². The molecule has 2 aromatic heterocycles. The Morgan fingerprint density at radius 1 is 1.25 bits per heavy atom. The third kappa shape index (κ3) is 3.34. The van der Waals surface area contributed by atoms with E-state index in [-0.39, 0.29) is 11.9 Å². The maximum atomic E-state index is 12.1. The first kappa shape index (κ1) is 16.3. The highest BCUT2D eigenvalue weighted by atomic mass is 35.5. The van der Waals surface area contributed by atoms with Crippen LogP contribution in [0, 0.1) is 0 Å². The fraction of sp³-hybridized carbons (Fsp3) is 0.133. The Morgan fingerprint density at radius 3 is 2.75 bits per heavy atom. The minimum Gasteiger partial charge on any atom is -0.497 e. The van der Waals surface area contributed by atoms with Gasteiger partial charge in [-0.25, -0.2) is 0 Å². The van der Waals surface area contributed by atoms with Crippen LogP contribution in [0.4, 0.5) is 5.95 Å². The Kier molecular flexibility index (Phi) is 4.68. The molecule has 0 saturated heterocycles. The average molecular weight is 365 g/mol. The van der Waals surface area contributed by atoms with Gasteiger partial charge in [0.1, 0.15) is 11.5 Å². The van der Waals surface area contributed by atoms with Gasteiger partial charge in [0.25, 0.3) is 5.91 Å². The van der Waals surface area contributed by atoms with E-state index in [2.05, 4.69) is 20.5 Å². The molecule has 24 heavy (non-hydrogen) atoms. The Balaban J connectivity index is 1.82. The summed E-state index contributed by atoms with van der Waals surface area (Å²) in [5.74, 6) is 1.55. The van der Waals surface area contributed by atoms with E-state index >= 15 is 0 Å². The van der Waals surface area contributed by atoms with Gasteiger partial charge in [0.2, 0.25) is 5.95 Å². The molecular formula is C15H13ClN4O3S. The first-order valence-corrected chi connectivity index (χ1v) is 8.01. The molecule has 9 heteroatoms. The summed E-state index contributed by atoms with van der Waals surface area (Å²) in [6, 6.07) is 8.62. The van der Waals surface area contributed by atoms with Gasteiger partial charge in [-0.05, 0) is 24.3 Å². The van der Waals surface area contributed by atoms with Crippen LogP contribution in [0.15, 0.2) is 30.3 Å². The van der Waals surface area contributed by atoms with Crippen molar-refractivity contribution in [2.75, 3.05) is 19.5 Å². The number of methoxy groups -OCH3 is 2. The number of nitrogens with zero attached hydrogens (tertiary/aromatic N) is 2. The predicted octanol–water partition coefficient (Wildman–Crippen LogP) is 3.46. The first-order chi connectivity index (χ1) is 11.6. The number of aromatic amines is 1.